The number of benzene rings is 1. The molecule has 0 aliphatic heterocycles. The van der Waals surface area contributed by atoms with Crippen LogP contribution >= 0.6 is 11.3 Å². The van der Waals surface area contributed by atoms with Crippen LogP contribution in [-0.4, -0.2) is 18.7 Å². The molecule has 0 atom stereocenters. The van der Waals surface area contributed by atoms with Crippen LogP contribution in [0, 0.1) is 0 Å². The molecule has 0 saturated heterocycles. The minimum atomic E-state index is 0.679. The molecule has 1 aromatic heterocycles. The van der Waals surface area contributed by atoms with Crippen LogP contribution in [-0.2, 0) is 24.0 Å². The van der Waals surface area contributed by atoms with Gasteiger partial charge < -0.3 is 10.5 Å². The maximum absolute atomic E-state index is 5.87. The van der Waals surface area contributed by atoms with Crippen molar-refractivity contribution in [1.82, 2.24) is 4.98 Å². The van der Waals surface area contributed by atoms with E-state index >= 15 is 0 Å². The summed E-state index contributed by atoms with van der Waals surface area (Å²) in [6.07, 6.45) is 3.97. The van der Waals surface area contributed by atoms with Gasteiger partial charge >= 0.3 is 0 Å². The van der Waals surface area contributed by atoms with Crippen LogP contribution in [0.4, 0.5) is 5.13 Å². The molecule has 2 rings (SSSR count). The van der Waals surface area contributed by atoms with Gasteiger partial charge in [0.25, 0.3) is 0 Å². The van der Waals surface area contributed by atoms with Crippen molar-refractivity contribution in [3.8, 4) is 0 Å². The van der Waals surface area contributed by atoms with Crippen LogP contribution < -0.4 is 5.73 Å². The first-order valence-electron chi connectivity index (χ1n) is 7.04. The standard InChI is InChI=1S/C16H22N2OS/c1-3-6-14-15(20-16(17)18-14)11-13-8-5-4-7-12(13)9-10-19-2/h4-5,7-8H,3,6,9-11H2,1-2H3,(H2,17,18). The maximum atomic E-state index is 5.87. The zero-order chi connectivity index (χ0) is 14.4. The van der Waals surface area contributed by atoms with Crippen LogP contribution in [0.25, 0.3) is 0 Å². The Morgan fingerprint density at radius 1 is 1.20 bits per heavy atom. The van der Waals surface area contributed by atoms with Gasteiger partial charge in [-0.25, -0.2) is 4.98 Å². The maximum Gasteiger partial charge on any atom is 0.180 e. The number of hydrogen-bond acceptors (Lipinski definition) is 4. The number of thiazole rings is 1. The third-order valence-corrected chi connectivity index (χ3v) is 4.25. The summed E-state index contributed by atoms with van der Waals surface area (Å²) < 4.78 is 5.19. The van der Waals surface area contributed by atoms with Crippen molar-refractivity contribution in [2.24, 2.45) is 0 Å². The van der Waals surface area contributed by atoms with Gasteiger partial charge in [-0.05, 0) is 24.0 Å². The third-order valence-electron chi connectivity index (χ3n) is 3.33. The SMILES string of the molecule is CCCc1nc(N)sc1Cc1ccccc1CCOC. The Kier molecular flexibility index (Phi) is 5.56. The fourth-order valence-corrected chi connectivity index (χ4v) is 3.23. The second kappa shape index (κ2) is 7.41. The molecule has 4 heteroatoms. The molecule has 1 aromatic carbocycles. The molecule has 0 bridgehead atoms. The first kappa shape index (κ1) is 15.0. The second-order valence-electron chi connectivity index (χ2n) is 4.86. The molecule has 0 aliphatic rings. The number of ether oxygens (including phenoxy) is 1. The number of nitrogens with two attached hydrogens (primary N) is 1. The average molecular weight is 290 g/mol. The quantitative estimate of drug-likeness (QED) is 0.849. The summed E-state index contributed by atoms with van der Waals surface area (Å²) >= 11 is 1.62. The van der Waals surface area contributed by atoms with Crippen molar-refractivity contribution in [3.63, 3.8) is 0 Å². The number of methoxy groups -OCH3 is 1. The van der Waals surface area contributed by atoms with E-state index in [0.717, 1.165) is 38.0 Å². The Hall–Kier alpha value is -1.39. The number of aromatic nitrogens is 1. The highest BCUT2D eigenvalue weighted by Crippen LogP contribution is 2.26. The largest absolute Gasteiger partial charge is 0.384 e. The number of hydrogen-bond donors (Lipinski definition) is 1. The van der Waals surface area contributed by atoms with Crippen molar-refractivity contribution < 1.29 is 4.74 Å². The topological polar surface area (TPSA) is 48.1 Å². The molecular weight excluding hydrogens is 268 g/mol. The summed E-state index contributed by atoms with van der Waals surface area (Å²) in [5.41, 5.74) is 9.74. The molecular formula is C16H22N2OS. The monoisotopic (exact) mass is 290 g/mol. The van der Waals surface area contributed by atoms with E-state index in [1.54, 1.807) is 18.4 Å². The van der Waals surface area contributed by atoms with Gasteiger partial charge in [-0.15, -0.1) is 11.3 Å². The van der Waals surface area contributed by atoms with Crippen molar-refractivity contribution in [2.45, 2.75) is 32.6 Å². The Balaban J connectivity index is 2.21. The lowest BCUT2D eigenvalue weighted by atomic mass is 10.0. The van der Waals surface area contributed by atoms with Gasteiger partial charge in [0.1, 0.15) is 0 Å². The summed E-state index contributed by atoms with van der Waals surface area (Å²) in [6, 6.07) is 8.55. The highest BCUT2D eigenvalue weighted by Gasteiger charge is 2.11. The number of nitrogens with zero attached hydrogens (tertiary/aromatic N) is 1. The summed E-state index contributed by atoms with van der Waals surface area (Å²) in [5.74, 6) is 0. The highest BCUT2D eigenvalue weighted by atomic mass is 32.1. The lowest BCUT2D eigenvalue weighted by molar-refractivity contribution is 0.202. The van der Waals surface area contributed by atoms with E-state index < -0.39 is 0 Å². The summed E-state index contributed by atoms with van der Waals surface area (Å²) in [6.45, 7) is 2.93. The molecule has 0 radical (unpaired) electrons. The van der Waals surface area contributed by atoms with E-state index in [-0.39, 0.29) is 0 Å². The molecule has 2 N–H and O–H groups in total. The van der Waals surface area contributed by atoms with E-state index in [2.05, 4.69) is 36.2 Å². The predicted octanol–water partition coefficient (Wildman–Crippen LogP) is 3.46. The van der Waals surface area contributed by atoms with Gasteiger partial charge in [0, 0.05) is 18.4 Å². The van der Waals surface area contributed by atoms with Gasteiger partial charge in [0.05, 0.1) is 12.3 Å². The van der Waals surface area contributed by atoms with E-state index in [4.69, 9.17) is 10.5 Å². The van der Waals surface area contributed by atoms with Gasteiger partial charge in [0.2, 0.25) is 0 Å². The fourth-order valence-electron chi connectivity index (χ4n) is 2.33. The first-order valence-corrected chi connectivity index (χ1v) is 7.86. The lowest BCUT2D eigenvalue weighted by Gasteiger charge is -2.09. The minimum absolute atomic E-state index is 0.679. The smallest absolute Gasteiger partial charge is 0.180 e. The molecule has 0 aliphatic carbocycles. The van der Waals surface area contributed by atoms with Crippen LogP contribution in [0.5, 0.6) is 0 Å². The molecule has 2 aromatic rings. The van der Waals surface area contributed by atoms with E-state index in [1.807, 2.05) is 0 Å². The van der Waals surface area contributed by atoms with Crippen LogP contribution in [0.15, 0.2) is 24.3 Å². The van der Waals surface area contributed by atoms with Crippen molar-refractivity contribution in [1.29, 1.82) is 0 Å². The first-order chi connectivity index (χ1) is 9.74. The van der Waals surface area contributed by atoms with E-state index in [9.17, 15) is 0 Å². The molecule has 20 heavy (non-hydrogen) atoms. The summed E-state index contributed by atoms with van der Waals surface area (Å²) in [4.78, 5) is 5.76. The normalized spacial score (nSPS) is 10.9. The second-order valence-corrected chi connectivity index (χ2v) is 5.98. The Bertz CT molecular complexity index is 551. The van der Waals surface area contributed by atoms with Crippen LogP contribution in [0.3, 0.4) is 0 Å². The van der Waals surface area contributed by atoms with Gasteiger partial charge in [-0.2, -0.15) is 0 Å². The number of nitrogen functional groups attached to an aromatic ring is 1. The van der Waals surface area contributed by atoms with Crippen molar-refractivity contribution in [2.75, 3.05) is 19.5 Å². The minimum Gasteiger partial charge on any atom is -0.384 e. The summed E-state index contributed by atoms with van der Waals surface area (Å²) in [5, 5.41) is 0.679. The zero-order valence-electron chi connectivity index (χ0n) is 12.2. The molecule has 0 spiro atoms. The van der Waals surface area contributed by atoms with Crippen LogP contribution in [0.2, 0.25) is 0 Å². The van der Waals surface area contributed by atoms with E-state index in [0.29, 0.717) is 5.13 Å². The number of aryl methyl sites for hydroxylation is 1. The van der Waals surface area contributed by atoms with Gasteiger partial charge in [0.15, 0.2) is 5.13 Å². The van der Waals surface area contributed by atoms with Gasteiger partial charge in [-0.1, -0.05) is 37.6 Å². The molecule has 0 unspecified atom stereocenters. The van der Waals surface area contributed by atoms with Gasteiger partial charge in [-0.3, -0.25) is 0 Å². The lowest BCUT2D eigenvalue weighted by Crippen LogP contribution is -2.01. The van der Waals surface area contributed by atoms with E-state index in [1.165, 1.54) is 16.0 Å². The Morgan fingerprint density at radius 2 is 1.95 bits per heavy atom. The van der Waals surface area contributed by atoms with Crippen molar-refractivity contribution >= 4 is 16.5 Å². The molecule has 0 fully saturated rings. The fraction of sp³-hybridized carbons (Fsp3) is 0.438. The third kappa shape index (κ3) is 3.81. The Morgan fingerprint density at radius 3 is 2.65 bits per heavy atom. The highest BCUT2D eigenvalue weighted by molar-refractivity contribution is 7.15. The summed E-state index contributed by atoms with van der Waals surface area (Å²) in [7, 11) is 1.74. The Labute approximate surface area is 124 Å². The average Bonchev–Trinajstić information content (AvgIpc) is 2.78. The van der Waals surface area contributed by atoms with Crippen LogP contribution in [0.1, 0.15) is 35.0 Å². The number of rotatable bonds is 7. The molecule has 108 valence electrons. The molecule has 3 nitrogen and oxygen atoms in total. The zero-order valence-corrected chi connectivity index (χ0v) is 13.0. The number of anilines is 1. The molecule has 1 heterocycles. The molecule has 0 amide bonds. The van der Waals surface area contributed by atoms with Crippen molar-refractivity contribution in [3.05, 3.63) is 46.0 Å². The molecule has 0 saturated carbocycles. The predicted molar refractivity (Wildman–Crippen MR) is 85.3 cm³/mol.